The molecule has 0 radical (unpaired) electrons. The van der Waals surface area contributed by atoms with E-state index in [-0.39, 0.29) is 30.3 Å². The molecule has 1 fully saturated rings. The number of carbonyl (C=O) groups excluding carboxylic acids is 2. The average Bonchev–Trinajstić information content (AvgIpc) is 2.67. The Morgan fingerprint density at radius 2 is 1.75 bits per heavy atom. The molecule has 2 unspecified atom stereocenters. The fraction of sp³-hybridized carbons (Fsp3) is 0.619. The minimum atomic E-state index is -0.925. The lowest BCUT2D eigenvalue weighted by molar-refractivity contribution is -0.170. The van der Waals surface area contributed by atoms with E-state index in [0.29, 0.717) is 38.2 Å². The Kier molecular flexibility index (Phi) is 8.47. The third kappa shape index (κ3) is 4.50. The number of benzene rings is 1. The number of nitrogens with two attached hydrogens (primary N) is 1. The van der Waals surface area contributed by atoms with Gasteiger partial charge in [0.1, 0.15) is 5.54 Å². The molecule has 7 heteroatoms. The molecule has 28 heavy (non-hydrogen) atoms. The van der Waals surface area contributed by atoms with Gasteiger partial charge in [-0.2, -0.15) is 0 Å². The van der Waals surface area contributed by atoms with Gasteiger partial charge in [-0.3, -0.25) is 9.59 Å². The number of ether oxygens (including phenoxy) is 1. The molecule has 0 spiro atoms. The first-order valence-corrected chi connectivity index (χ1v) is 9.78. The maximum atomic E-state index is 12.7. The summed E-state index contributed by atoms with van der Waals surface area (Å²) in [5.41, 5.74) is 6.65. The van der Waals surface area contributed by atoms with Crippen molar-refractivity contribution in [2.45, 2.75) is 59.2 Å². The highest BCUT2D eigenvalue weighted by atomic mass is 35.5. The Balaban J connectivity index is 0.00000392. The van der Waals surface area contributed by atoms with Crippen molar-refractivity contribution in [2.75, 3.05) is 19.7 Å². The Bertz CT molecular complexity index is 674. The zero-order valence-electron chi connectivity index (χ0n) is 17.6. The van der Waals surface area contributed by atoms with Crippen LogP contribution in [0.4, 0.5) is 0 Å². The molecule has 0 saturated heterocycles. The smallest absolute Gasteiger partial charge is 0.253 e. The normalized spacial score (nSPS) is 22.6. The van der Waals surface area contributed by atoms with Gasteiger partial charge in [0.25, 0.3) is 5.91 Å². The number of hydrogen-bond donors (Lipinski definition) is 2. The van der Waals surface area contributed by atoms with Gasteiger partial charge >= 0.3 is 0 Å². The Hall–Kier alpha value is -1.63. The lowest BCUT2D eigenvalue weighted by atomic mass is 9.54. The zero-order valence-corrected chi connectivity index (χ0v) is 18.4. The summed E-state index contributed by atoms with van der Waals surface area (Å²) in [6.45, 7) is 12.2. The highest BCUT2D eigenvalue weighted by Crippen LogP contribution is 2.49. The van der Waals surface area contributed by atoms with Crippen molar-refractivity contribution in [2.24, 2.45) is 11.1 Å². The fourth-order valence-electron chi connectivity index (χ4n) is 3.62. The van der Waals surface area contributed by atoms with Crippen LogP contribution in [0.1, 0.15) is 57.0 Å². The van der Waals surface area contributed by atoms with E-state index in [2.05, 4.69) is 5.32 Å². The average molecular weight is 412 g/mol. The summed E-state index contributed by atoms with van der Waals surface area (Å²) in [5, 5.41) is 2.94. The van der Waals surface area contributed by atoms with Crippen LogP contribution >= 0.6 is 12.4 Å². The molecule has 158 valence electrons. The second kappa shape index (κ2) is 9.72. The fourth-order valence-corrected chi connectivity index (χ4v) is 3.62. The summed E-state index contributed by atoms with van der Waals surface area (Å²) >= 11 is 0. The molecule has 2 atom stereocenters. The molecule has 0 aromatic heterocycles. The first-order chi connectivity index (χ1) is 12.7. The van der Waals surface area contributed by atoms with Crippen molar-refractivity contribution in [3.8, 4) is 0 Å². The van der Waals surface area contributed by atoms with Crippen molar-refractivity contribution >= 4 is 24.2 Å². The summed E-state index contributed by atoms with van der Waals surface area (Å²) < 4.78 is 5.68. The number of hydrogen-bond acceptors (Lipinski definition) is 4. The highest BCUT2D eigenvalue weighted by molar-refractivity contribution is 5.94. The molecule has 6 nitrogen and oxygen atoms in total. The van der Waals surface area contributed by atoms with Crippen molar-refractivity contribution in [1.82, 2.24) is 10.2 Å². The van der Waals surface area contributed by atoms with E-state index in [1.807, 2.05) is 46.8 Å². The van der Waals surface area contributed by atoms with Crippen LogP contribution < -0.4 is 11.1 Å². The van der Waals surface area contributed by atoms with Crippen LogP contribution in [0, 0.1) is 5.41 Å². The van der Waals surface area contributed by atoms with Crippen molar-refractivity contribution in [3.63, 3.8) is 0 Å². The largest absolute Gasteiger partial charge is 0.378 e. The Labute approximate surface area is 174 Å². The number of nitrogens with one attached hydrogen (secondary N) is 1. The number of nitrogens with zero attached hydrogens (tertiary/aromatic N) is 1. The van der Waals surface area contributed by atoms with Gasteiger partial charge in [-0.25, -0.2) is 0 Å². The third-order valence-corrected chi connectivity index (χ3v) is 5.94. The van der Waals surface area contributed by atoms with Crippen LogP contribution in [0.5, 0.6) is 0 Å². The van der Waals surface area contributed by atoms with Gasteiger partial charge in [-0.05, 0) is 38.5 Å². The molecule has 2 amide bonds. The van der Waals surface area contributed by atoms with E-state index in [0.717, 1.165) is 5.56 Å². The van der Waals surface area contributed by atoms with Crippen LogP contribution in [0.15, 0.2) is 24.3 Å². The van der Waals surface area contributed by atoms with Crippen LogP contribution in [0.3, 0.4) is 0 Å². The minimum absolute atomic E-state index is 0. The second-order valence-corrected chi connectivity index (χ2v) is 7.70. The second-order valence-electron chi connectivity index (χ2n) is 7.70. The van der Waals surface area contributed by atoms with Gasteiger partial charge in [0.15, 0.2) is 0 Å². The summed E-state index contributed by atoms with van der Waals surface area (Å²) in [4.78, 5) is 26.8. The van der Waals surface area contributed by atoms with E-state index < -0.39 is 11.0 Å². The maximum absolute atomic E-state index is 12.7. The Morgan fingerprint density at radius 1 is 1.18 bits per heavy atom. The predicted octanol–water partition coefficient (Wildman–Crippen LogP) is 2.74. The van der Waals surface area contributed by atoms with Crippen LogP contribution in [-0.4, -0.2) is 48.1 Å². The van der Waals surface area contributed by atoms with Crippen LogP contribution in [0.25, 0.3) is 0 Å². The van der Waals surface area contributed by atoms with Crippen molar-refractivity contribution < 1.29 is 14.3 Å². The number of halogens is 1. The van der Waals surface area contributed by atoms with E-state index in [9.17, 15) is 9.59 Å². The number of amides is 2. The number of rotatable bonds is 8. The zero-order chi connectivity index (χ0) is 20.2. The third-order valence-electron chi connectivity index (χ3n) is 5.94. The minimum Gasteiger partial charge on any atom is -0.378 e. The quantitative estimate of drug-likeness (QED) is 0.688. The van der Waals surface area contributed by atoms with E-state index in [1.165, 1.54) is 0 Å². The molecule has 3 N–H and O–H groups in total. The van der Waals surface area contributed by atoms with Gasteiger partial charge in [0, 0.05) is 43.6 Å². The summed E-state index contributed by atoms with van der Waals surface area (Å²) in [5.74, 6) is -0.138. The molecule has 1 saturated carbocycles. The summed E-state index contributed by atoms with van der Waals surface area (Å²) in [7, 11) is 0. The molecule has 1 aliphatic rings. The predicted molar refractivity (Wildman–Crippen MR) is 114 cm³/mol. The first kappa shape index (κ1) is 24.4. The summed E-state index contributed by atoms with van der Waals surface area (Å²) in [6.07, 6.45) is 0.528. The number of carbonyl (C=O) groups is 2. The maximum Gasteiger partial charge on any atom is 0.253 e. The van der Waals surface area contributed by atoms with Gasteiger partial charge in [-0.15, -0.1) is 12.4 Å². The molecule has 1 aromatic carbocycles. The standard InChI is InChI=1S/C21H33N3O3.ClH/c1-6-24(7-2)18(25)16-11-9-15(10-12-16)14-23-19(26)21(22)13-17(27-8-3)20(21,4)5;/h9-12,17H,6-8,13-14,22H2,1-5H3,(H,23,26);1H. The molecule has 2 rings (SSSR count). The van der Waals surface area contributed by atoms with E-state index >= 15 is 0 Å². The van der Waals surface area contributed by atoms with Gasteiger partial charge < -0.3 is 20.7 Å². The van der Waals surface area contributed by atoms with Crippen molar-refractivity contribution in [3.05, 3.63) is 35.4 Å². The van der Waals surface area contributed by atoms with E-state index in [1.54, 1.807) is 17.0 Å². The molecule has 1 aliphatic carbocycles. The van der Waals surface area contributed by atoms with E-state index in [4.69, 9.17) is 10.5 Å². The lowest BCUT2D eigenvalue weighted by Gasteiger charge is -2.57. The molecular formula is C21H34ClN3O3. The monoisotopic (exact) mass is 411 g/mol. The molecule has 0 heterocycles. The Morgan fingerprint density at radius 3 is 2.21 bits per heavy atom. The first-order valence-electron chi connectivity index (χ1n) is 9.78. The van der Waals surface area contributed by atoms with Crippen LogP contribution in [-0.2, 0) is 16.1 Å². The topological polar surface area (TPSA) is 84.7 Å². The van der Waals surface area contributed by atoms with Crippen LogP contribution in [0.2, 0.25) is 0 Å². The lowest BCUT2D eigenvalue weighted by Crippen LogP contribution is -2.75. The molecule has 0 bridgehead atoms. The van der Waals surface area contributed by atoms with Gasteiger partial charge in [-0.1, -0.05) is 26.0 Å². The molecule has 0 aliphatic heterocycles. The molecular weight excluding hydrogens is 378 g/mol. The van der Waals surface area contributed by atoms with Gasteiger partial charge in [0.2, 0.25) is 5.91 Å². The SMILES string of the molecule is CCOC1CC(N)(C(=O)NCc2ccc(C(=O)N(CC)CC)cc2)C1(C)C.Cl. The van der Waals surface area contributed by atoms with Crippen molar-refractivity contribution in [1.29, 1.82) is 0 Å². The summed E-state index contributed by atoms with van der Waals surface area (Å²) in [6, 6.07) is 7.35. The van der Waals surface area contributed by atoms with Gasteiger partial charge in [0.05, 0.1) is 6.10 Å². The molecule has 1 aromatic rings. The highest BCUT2D eigenvalue weighted by Gasteiger charge is 2.62.